The molecule has 1 aliphatic heterocycles. The minimum absolute atomic E-state index is 0.0271. The number of nitrogens with one attached hydrogen (secondary N) is 2. The molecule has 38 heavy (non-hydrogen) atoms. The van der Waals surface area contributed by atoms with E-state index >= 15 is 0 Å². The molecule has 0 radical (unpaired) electrons. The van der Waals surface area contributed by atoms with Crippen molar-refractivity contribution in [3.8, 4) is 22.9 Å². The first kappa shape index (κ1) is 25.6. The molecule has 2 N–H and O–H groups in total. The molecule has 4 aromatic rings. The van der Waals surface area contributed by atoms with E-state index in [1.807, 2.05) is 6.92 Å². The molecule has 0 spiro atoms. The van der Waals surface area contributed by atoms with Crippen LogP contribution in [0, 0.1) is 11.3 Å². The Morgan fingerprint density at radius 2 is 2.05 bits per heavy atom. The number of H-pyrrole nitrogens is 1. The van der Waals surface area contributed by atoms with Gasteiger partial charge >= 0.3 is 6.18 Å². The highest BCUT2D eigenvalue weighted by Crippen LogP contribution is 2.39. The Morgan fingerprint density at radius 3 is 2.74 bits per heavy atom. The quantitative estimate of drug-likeness (QED) is 0.288. The Morgan fingerprint density at radius 1 is 1.26 bits per heavy atom. The van der Waals surface area contributed by atoms with E-state index in [0.29, 0.717) is 39.6 Å². The van der Waals surface area contributed by atoms with Gasteiger partial charge in [-0.05, 0) is 42.8 Å². The van der Waals surface area contributed by atoms with Crippen molar-refractivity contribution in [3.05, 3.63) is 75.3 Å². The maximum absolute atomic E-state index is 13.2. The van der Waals surface area contributed by atoms with Gasteiger partial charge in [0, 0.05) is 33.3 Å². The Kier molecular flexibility index (Phi) is 6.54. The van der Waals surface area contributed by atoms with Crippen LogP contribution in [0.4, 0.5) is 18.9 Å². The number of anilines is 1. The van der Waals surface area contributed by atoms with E-state index in [4.69, 9.17) is 21.1 Å². The van der Waals surface area contributed by atoms with Crippen molar-refractivity contribution in [2.45, 2.75) is 37.9 Å². The van der Waals surface area contributed by atoms with Crippen LogP contribution in [-0.4, -0.2) is 34.2 Å². The van der Waals surface area contributed by atoms with Gasteiger partial charge in [0.1, 0.15) is 11.9 Å². The number of hydrogen-bond donors (Lipinski definition) is 2. The van der Waals surface area contributed by atoms with Crippen LogP contribution in [-0.2, 0) is 10.9 Å². The van der Waals surface area contributed by atoms with Crippen LogP contribution in [0.3, 0.4) is 0 Å². The van der Waals surface area contributed by atoms with Crippen molar-refractivity contribution in [2.75, 3.05) is 12.4 Å². The summed E-state index contributed by atoms with van der Waals surface area (Å²) in [4.78, 5) is 13.2. The van der Waals surface area contributed by atoms with Crippen molar-refractivity contribution < 1.29 is 22.6 Å². The van der Waals surface area contributed by atoms with E-state index in [9.17, 15) is 23.2 Å². The first-order valence-electron chi connectivity index (χ1n) is 11.6. The number of ether oxygens (including phenoxy) is 2. The highest BCUT2D eigenvalue weighted by atomic mass is 35.5. The van der Waals surface area contributed by atoms with E-state index < -0.39 is 18.1 Å². The summed E-state index contributed by atoms with van der Waals surface area (Å²) in [7, 11) is 1.47. The molecule has 5 rings (SSSR count). The van der Waals surface area contributed by atoms with E-state index in [0.717, 1.165) is 0 Å². The Labute approximate surface area is 219 Å². The largest absolute Gasteiger partial charge is 0.495 e. The molecule has 3 unspecified atom stereocenters. The van der Waals surface area contributed by atoms with Gasteiger partial charge in [-0.25, -0.2) is 0 Å². The highest BCUT2D eigenvalue weighted by Gasteiger charge is 2.46. The lowest BCUT2D eigenvalue weighted by Crippen LogP contribution is -2.29. The molecule has 0 aliphatic carbocycles. The molecule has 12 heteroatoms. The third-order valence-corrected chi connectivity index (χ3v) is 6.71. The zero-order chi connectivity index (χ0) is 27.2. The summed E-state index contributed by atoms with van der Waals surface area (Å²) in [6.45, 7) is 1.91. The van der Waals surface area contributed by atoms with Gasteiger partial charge in [0.15, 0.2) is 11.9 Å². The maximum atomic E-state index is 13.2. The number of rotatable bonds is 7. The Balaban J connectivity index is 1.40. The topological polar surface area (TPSA) is 108 Å². The molecule has 2 aromatic carbocycles. The van der Waals surface area contributed by atoms with Gasteiger partial charge in [0.25, 0.3) is 5.56 Å². The Bertz CT molecular complexity index is 1630. The lowest BCUT2D eigenvalue weighted by atomic mass is 10.00. The molecule has 1 saturated heterocycles. The fourth-order valence-electron chi connectivity index (χ4n) is 4.61. The number of alkyl halides is 3. The van der Waals surface area contributed by atoms with Crippen molar-refractivity contribution in [2.24, 2.45) is 0 Å². The van der Waals surface area contributed by atoms with Crippen molar-refractivity contribution >= 4 is 28.2 Å². The third kappa shape index (κ3) is 4.68. The number of aromatic nitrogens is 3. The van der Waals surface area contributed by atoms with Crippen LogP contribution in [0.15, 0.2) is 53.5 Å². The number of methoxy groups -OCH3 is 1. The second kappa shape index (κ2) is 9.70. The number of pyridine rings is 1. The minimum Gasteiger partial charge on any atom is -0.495 e. The predicted octanol–water partition coefficient (Wildman–Crippen LogP) is 5.73. The van der Waals surface area contributed by atoms with Crippen LogP contribution in [0.2, 0.25) is 5.02 Å². The number of halogens is 4. The summed E-state index contributed by atoms with van der Waals surface area (Å²) in [5, 5.41) is 18.8. The van der Waals surface area contributed by atoms with Gasteiger partial charge in [-0.1, -0.05) is 18.5 Å². The second-order valence-corrected chi connectivity index (χ2v) is 9.21. The average molecular weight is 544 g/mol. The molecule has 1 fully saturated rings. The molecular weight excluding hydrogens is 523 g/mol. The van der Waals surface area contributed by atoms with Gasteiger partial charge in [-0.2, -0.15) is 23.5 Å². The van der Waals surface area contributed by atoms with Crippen molar-refractivity contribution in [1.82, 2.24) is 14.8 Å². The lowest BCUT2D eigenvalue weighted by Gasteiger charge is -2.19. The fraction of sp³-hybridized carbons (Fsp3) is 0.269. The Hall–Kier alpha value is -4.01. The average Bonchev–Trinajstić information content (AvgIpc) is 3.48. The van der Waals surface area contributed by atoms with Gasteiger partial charge in [0.2, 0.25) is 0 Å². The van der Waals surface area contributed by atoms with Crippen molar-refractivity contribution in [3.63, 3.8) is 0 Å². The van der Waals surface area contributed by atoms with Crippen LogP contribution in [0.5, 0.6) is 5.75 Å². The van der Waals surface area contributed by atoms with Crippen LogP contribution in [0.25, 0.3) is 22.0 Å². The summed E-state index contributed by atoms with van der Waals surface area (Å²) in [5.41, 5.74) is 0.775. The molecule has 0 saturated carbocycles. The van der Waals surface area contributed by atoms with Crippen LogP contribution in [0.1, 0.15) is 30.6 Å². The molecule has 0 amide bonds. The molecule has 0 bridgehead atoms. The van der Waals surface area contributed by atoms with Crippen molar-refractivity contribution in [1.29, 1.82) is 5.26 Å². The number of epoxide rings is 1. The lowest BCUT2D eigenvalue weighted by molar-refractivity contribution is -0.139. The molecule has 196 valence electrons. The minimum atomic E-state index is -4.56. The van der Waals surface area contributed by atoms with E-state index in [2.05, 4.69) is 21.6 Å². The normalized spacial score (nSPS) is 17.7. The first-order chi connectivity index (χ1) is 18.1. The third-order valence-electron chi connectivity index (χ3n) is 6.48. The van der Waals surface area contributed by atoms with Gasteiger partial charge in [-0.3, -0.25) is 9.89 Å². The number of nitrogens with zero attached hydrogens (tertiary/aromatic N) is 3. The van der Waals surface area contributed by atoms with E-state index in [-0.39, 0.29) is 28.6 Å². The number of benzene rings is 2. The molecular formula is C26H21ClF3N5O3. The standard InChI is InChI=1S/C26H21ClF3N5O3/c1-3-20(23-25(38-23)32-15-6-7-16-19(9-15)33-34-24(16)26(28,29)30)35-12-21(37-2)18(10-22(35)36)17-8-14(27)5-4-13(17)11-31/h4-10,12,20,23,25,32H,3H2,1-2H3,(H,33,34). The van der Waals surface area contributed by atoms with Crippen LogP contribution >= 0.6 is 11.6 Å². The zero-order valence-corrected chi connectivity index (χ0v) is 20.9. The van der Waals surface area contributed by atoms with Gasteiger partial charge < -0.3 is 19.4 Å². The molecule has 8 nitrogen and oxygen atoms in total. The second-order valence-electron chi connectivity index (χ2n) is 8.77. The maximum Gasteiger partial charge on any atom is 0.435 e. The van der Waals surface area contributed by atoms with E-state index in [1.165, 1.54) is 35.9 Å². The zero-order valence-electron chi connectivity index (χ0n) is 20.1. The first-order valence-corrected chi connectivity index (χ1v) is 12.0. The SMILES string of the molecule is CCC(C1OC1Nc1ccc2c(C(F)(F)F)n[nH]c2c1)n1cc(OC)c(-c2cc(Cl)ccc2C#N)cc1=O. The number of aromatic amines is 1. The molecule has 1 aliphatic rings. The number of fused-ring (bicyclic) bond motifs is 1. The van der Waals surface area contributed by atoms with Gasteiger partial charge in [0.05, 0.1) is 36.5 Å². The van der Waals surface area contributed by atoms with Crippen LogP contribution < -0.4 is 15.6 Å². The summed E-state index contributed by atoms with van der Waals surface area (Å²) in [5.74, 6) is 0.386. The predicted molar refractivity (Wildman–Crippen MR) is 135 cm³/mol. The highest BCUT2D eigenvalue weighted by molar-refractivity contribution is 6.31. The summed E-state index contributed by atoms with van der Waals surface area (Å²) in [6.07, 6.45) is -3.25. The smallest absolute Gasteiger partial charge is 0.435 e. The number of hydrogen-bond acceptors (Lipinski definition) is 6. The van der Waals surface area contributed by atoms with Gasteiger partial charge in [-0.15, -0.1) is 0 Å². The monoisotopic (exact) mass is 543 g/mol. The molecule has 3 atom stereocenters. The van der Waals surface area contributed by atoms with E-state index in [1.54, 1.807) is 24.4 Å². The summed E-state index contributed by atoms with van der Waals surface area (Å²) >= 11 is 6.14. The molecule has 3 heterocycles. The molecule has 2 aromatic heterocycles. The summed E-state index contributed by atoms with van der Waals surface area (Å²) in [6, 6.07) is 12.3. The fourth-order valence-corrected chi connectivity index (χ4v) is 4.78. The summed E-state index contributed by atoms with van der Waals surface area (Å²) < 4.78 is 52.2. The number of nitriles is 1.